The first kappa shape index (κ1) is 23.1. The summed E-state index contributed by atoms with van der Waals surface area (Å²) in [5, 5.41) is 6.85. The summed E-state index contributed by atoms with van der Waals surface area (Å²) in [5.74, 6) is -0.0860. The van der Waals surface area contributed by atoms with Crippen LogP contribution < -0.4 is 15.5 Å². The summed E-state index contributed by atoms with van der Waals surface area (Å²) < 4.78 is 14.7. The minimum atomic E-state index is -0.660. The van der Waals surface area contributed by atoms with Gasteiger partial charge < -0.3 is 20.4 Å². The second-order valence-electron chi connectivity index (χ2n) is 9.00. The van der Waals surface area contributed by atoms with Crippen molar-refractivity contribution in [2.75, 3.05) is 49.3 Å². The molecule has 0 radical (unpaired) electrons. The van der Waals surface area contributed by atoms with Gasteiger partial charge in [-0.3, -0.25) is 4.79 Å². The molecule has 0 atom stereocenters. The number of likely N-dealkylation sites (tertiary alicyclic amines) is 1. The van der Waals surface area contributed by atoms with Gasteiger partial charge in [0.15, 0.2) is 5.82 Å². The highest BCUT2D eigenvalue weighted by Gasteiger charge is 2.48. The van der Waals surface area contributed by atoms with Crippen LogP contribution in [0, 0.1) is 11.2 Å². The molecule has 0 saturated carbocycles. The first-order valence-corrected chi connectivity index (χ1v) is 12.0. The molecule has 2 aliphatic heterocycles. The Kier molecular flexibility index (Phi) is 6.00. The van der Waals surface area contributed by atoms with Crippen LogP contribution in [0.4, 0.5) is 27.3 Å². The summed E-state index contributed by atoms with van der Waals surface area (Å²) >= 11 is 11.9. The number of rotatable bonds is 4. The lowest BCUT2D eigenvalue weighted by Gasteiger charge is -2.36. The van der Waals surface area contributed by atoms with Gasteiger partial charge in [0.25, 0.3) is 0 Å². The van der Waals surface area contributed by atoms with Gasteiger partial charge in [0, 0.05) is 19.0 Å². The smallest absolute Gasteiger partial charge is 0.233 e. The number of halogens is 3. The van der Waals surface area contributed by atoms with Crippen molar-refractivity contribution in [3.05, 3.63) is 46.5 Å². The Bertz CT molecular complexity index is 1280. The van der Waals surface area contributed by atoms with E-state index in [0.29, 0.717) is 23.3 Å². The van der Waals surface area contributed by atoms with Crippen LogP contribution in [0.5, 0.6) is 0 Å². The summed E-state index contributed by atoms with van der Waals surface area (Å²) in [6.07, 6.45) is 3.99. The number of carbonyl (C=O) groups excluding carboxylic acids is 1. The minimum absolute atomic E-state index is 0.133. The number of nitrogens with zero attached hydrogens (tertiary/aromatic N) is 4. The van der Waals surface area contributed by atoms with Gasteiger partial charge >= 0.3 is 0 Å². The van der Waals surface area contributed by atoms with Crippen molar-refractivity contribution in [3.8, 4) is 0 Å². The molecule has 5 rings (SSSR count). The van der Waals surface area contributed by atoms with Gasteiger partial charge in [0.2, 0.25) is 5.91 Å². The average Bonchev–Trinajstić information content (AvgIpc) is 3.16. The third-order valence-corrected chi connectivity index (χ3v) is 7.84. The monoisotopic (exact) mass is 502 g/mol. The first-order valence-electron chi connectivity index (χ1n) is 11.2. The van der Waals surface area contributed by atoms with Gasteiger partial charge in [-0.15, -0.1) is 0 Å². The number of piperidine rings is 1. The SMILES string of the molecule is CNc1cc2ncnc(Nc3ccc(Cl)c(Cl)c3F)c2cc1N1CCC2(CCN(C)CC2)C1=O. The molecule has 2 aliphatic rings. The van der Waals surface area contributed by atoms with Crippen LogP contribution in [0.1, 0.15) is 19.3 Å². The molecule has 0 aliphatic carbocycles. The Morgan fingerprint density at radius 3 is 2.53 bits per heavy atom. The molecule has 2 fully saturated rings. The molecule has 1 spiro atoms. The zero-order valence-corrected chi connectivity index (χ0v) is 20.5. The summed E-state index contributed by atoms with van der Waals surface area (Å²) in [6.45, 7) is 2.50. The predicted molar refractivity (Wildman–Crippen MR) is 135 cm³/mol. The van der Waals surface area contributed by atoms with Crippen LogP contribution in [0.3, 0.4) is 0 Å². The highest BCUT2D eigenvalue weighted by atomic mass is 35.5. The zero-order valence-electron chi connectivity index (χ0n) is 19.0. The van der Waals surface area contributed by atoms with E-state index in [0.717, 1.165) is 43.7 Å². The number of hydrogen-bond acceptors (Lipinski definition) is 6. The number of amides is 1. The van der Waals surface area contributed by atoms with Crippen molar-refractivity contribution < 1.29 is 9.18 Å². The molecule has 0 unspecified atom stereocenters. The maximum atomic E-state index is 14.7. The zero-order chi connectivity index (χ0) is 24.0. The molecule has 178 valence electrons. The minimum Gasteiger partial charge on any atom is -0.386 e. The van der Waals surface area contributed by atoms with Gasteiger partial charge in [0.1, 0.15) is 12.1 Å². The van der Waals surface area contributed by atoms with Crippen LogP contribution in [0.25, 0.3) is 10.9 Å². The fraction of sp³-hybridized carbons (Fsp3) is 0.375. The van der Waals surface area contributed by atoms with Crippen molar-refractivity contribution in [1.82, 2.24) is 14.9 Å². The molecule has 34 heavy (non-hydrogen) atoms. The summed E-state index contributed by atoms with van der Waals surface area (Å²) in [5.41, 5.74) is 2.08. The largest absolute Gasteiger partial charge is 0.386 e. The van der Waals surface area contributed by atoms with E-state index in [9.17, 15) is 9.18 Å². The topological polar surface area (TPSA) is 73.4 Å². The highest BCUT2D eigenvalue weighted by Crippen LogP contribution is 2.45. The number of fused-ring (bicyclic) bond motifs is 1. The number of anilines is 4. The number of aromatic nitrogens is 2. The lowest BCUT2D eigenvalue weighted by atomic mass is 9.77. The van der Waals surface area contributed by atoms with Crippen LogP contribution >= 0.6 is 23.2 Å². The van der Waals surface area contributed by atoms with E-state index in [4.69, 9.17) is 23.2 Å². The van der Waals surface area contributed by atoms with Crippen molar-refractivity contribution in [1.29, 1.82) is 0 Å². The molecule has 0 bridgehead atoms. The van der Waals surface area contributed by atoms with Crippen molar-refractivity contribution >= 4 is 62.9 Å². The molecule has 3 heterocycles. The Morgan fingerprint density at radius 2 is 1.79 bits per heavy atom. The number of nitrogens with one attached hydrogen (secondary N) is 2. The van der Waals surface area contributed by atoms with Crippen molar-refractivity contribution in [2.24, 2.45) is 5.41 Å². The van der Waals surface area contributed by atoms with Gasteiger partial charge in [-0.05, 0) is 63.7 Å². The van der Waals surface area contributed by atoms with Crippen LogP contribution in [0.15, 0.2) is 30.6 Å². The molecule has 2 N–H and O–H groups in total. The molecule has 1 aromatic heterocycles. The van der Waals surface area contributed by atoms with E-state index >= 15 is 0 Å². The fourth-order valence-corrected chi connectivity index (χ4v) is 5.24. The molecule has 10 heteroatoms. The van der Waals surface area contributed by atoms with Crippen molar-refractivity contribution in [3.63, 3.8) is 0 Å². The molecular weight excluding hydrogens is 478 g/mol. The number of hydrogen-bond donors (Lipinski definition) is 2. The van der Waals surface area contributed by atoms with Crippen LogP contribution in [0.2, 0.25) is 10.0 Å². The molecule has 3 aromatic rings. The molecule has 2 aromatic carbocycles. The molecule has 7 nitrogen and oxygen atoms in total. The fourth-order valence-electron chi connectivity index (χ4n) is 4.93. The quantitative estimate of drug-likeness (QED) is 0.471. The molecule has 1 amide bonds. The van der Waals surface area contributed by atoms with Crippen LogP contribution in [-0.4, -0.2) is 54.5 Å². The summed E-state index contributed by atoms with van der Waals surface area (Å²) in [4.78, 5) is 26.5. The first-order chi connectivity index (χ1) is 16.3. The van der Waals surface area contributed by atoms with E-state index < -0.39 is 5.82 Å². The third kappa shape index (κ3) is 3.83. The molecule has 2 saturated heterocycles. The number of benzene rings is 2. The Labute approximate surface area is 207 Å². The highest BCUT2D eigenvalue weighted by molar-refractivity contribution is 6.42. The Hall–Kier alpha value is -2.68. The third-order valence-electron chi connectivity index (χ3n) is 7.06. The van der Waals surface area contributed by atoms with E-state index in [2.05, 4.69) is 32.5 Å². The number of carbonyl (C=O) groups is 1. The van der Waals surface area contributed by atoms with Crippen LogP contribution in [-0.2, 0) is 4.79 Å². The summed E-state index contributed by atoms with van der Waals surface area (Å²) in [7, 11) is 3.92. The lowest BCUT2D eigenvalue weighted by molar-refractivity contribution is -0.127. The van der Waals surface area contributed by atoms with Gasteiger partial charge in [-0.1, -0.05) is 23.2 Å². The lowest BCUT2D eigenvalue weighted by Crippen LogP contribution is -2.43. The maximum Gasteiger partial charge on any atom is 0.233 e. The Balaban J connectivity index is 1.55. The van der Waals surface area contributed by atoms with Gasteiger partial charge in [0.05, 0.1) is 38.0 Å². The Morgan fingerprint density at radius 1 is 1.06 bits per heavy atom. The maximum absolute atomic E-state index is 14.7. The van der Waals surface area contributed by atoms with Crippen molar-refractivity contribution in [2.45, 2.75) is 19.3 Å². The second kappa shape index (κ2) is 8.83. The normalized spacial score (nSPS) is 18.1. The molecular formula is C24H25Cl2FN6O. The van der Waals surface area contributed by atoms with E-state index in [1.165, 1.54) is 18.5 Å². The summed E-state index contributed by atoms with van der Waals surface area (Å²) in [6, 6.07) is 6.81. The second-order valence-corrected chi connectivity index (χ2v) is 9.78. The van der Waals surface area contributed by atoms with E-state index in [-0.39, 0.29) is 27.1 Å². The van der Waals surface area contributed by atoms with E-state index in [1.54, 1.807) is 0 Å². The average molecular weight is 503 g/mol. The van der Waals surface area contributed by atoms with Gasteiger partial charge in [-0.25, -0.2) is 14.4 Å². The standard InChI is InChI=1S/C24H25Cl2FN6O/c1-28-18-12-17-14(22(30-13-29-17)31-16-4-3-15(25)20(26)21(16)27)11-19(18)33-10-7-24(23(33)34)5-8-32(2)9-6-24/h3-4,11-13,28H,5-10H2,1-2H3,(H,29,30,31). The van der Waals surface area contributed by atoms with Gasteiger partial charge in [-0.2, -0.15) is 0 Å². The predicted octanol–water partition coefficient (Wildman–Crippen LogP) is 5.31. The van der Waals surface area contributed by atoms with E-state index in [1.807, 2.05) is 24.1 Å².